The van der Waals surface area contributed by atoms with E-state index in [1.54, 1.807) is 6.20 Å². The highest BCUT2D eigenvalue weighted by atomic mass is 15.1. The van der Waals surface area contributed by atoms with Crippen molar-refractivity contribution in [2.75, 3.05) is 19.0 Å². The fourth-order valence-electron chi connectivity index (χ4n) is 2.13. The number of H-pyrrole nitrogens is 1. The standard InChI is InChI=1S/C15H14BN3/c1-19(2)12-5-3-10(4-6-12)11-7-13-14(16)9-18-15(13)17-8-11/h3-9H,1-2H3,(H,17,18). The van der Waals surface area contributed by atoms with Crippen LogP contribution in [0.1, 0.15) is 0 Å². The van der Waals surface area contributed by atoms with Gasteiger partial charge in [-0.15, -0.1) is 0 Å². The summed E-state index contributed by atoms with van der Waals surface area (Å²) in [5.74, 6) is 0. The molecule has 0 aliphatic carbocycles. The SMILES string of the molecule is [B]c1c[nH]c2ncc(-c3ccc(N(C)C)cc3)cc12. The molecule has 4 heteroatoms. The average molecular weight is 247 g/mol. The Hall–Kier alpha value is -2.23. The average Bonchev–Trinajstić information content (AvgIpc) is 2.80. The van der Waals surface area contributed by atoms with Gasteiger partial charge in [-0.3, -0.25) is 0 Å². The monoisotopic (exact) mass is 247 g/mol. The fourth-order valence-corrected chi connectivity index (χ4v) is 2.13. The van der Waals surface area contributed by atoms with E-state index in [4.69, 9.17) is 7.85 Å². The molecule has 0 fully saturated rings. The van der Waals surface area contributed by atoms with Crippen LogP contribution < -0.4 is 10.4 Å². The van der Waals surface area contributed by atoms with Crippen molar-refractivity contribution < 1.29 is 0 Å². The van der Waals surface area contributed by atoms with Gasteiger partial charge in [0, 0.05) is 36.9 Å². The topological polar surface area (TPSA) is 31.9 Å². The smallest absolute Gasteiger partial charge is 0.136 e. The van der Waals surface area contributed by atoms with Crippen LogP contribution in [0.15, 0.2) is 42.7 Å². The van der Waals surface area contributed by atoms with E-state index in [1.165, 1.54) is 5.69 Å². The highest BCUT2D eigenvalue weighted by Crippen LogP contribution is 2.23. The maximum atomic E-state index is 5.91. The molecule has 0 saturated carbocycles. The van der Waals surface area contributed by atoms with Crippen LogP contribution in [0.25, 0.3) is 22.2 Å². The maximum Gasteiger partial charge on any atom is 0.136 e. The summed E-state index contributed by atoms with van der Waals surface area (Å²) >= 11 is 0. The van der Waals surface area contributed by atoms with Crippen LogP contribution in [0.5, 0.6) is 0 Å². The summed E-state index contributed by atoms with van der Waals surface area (Å²) in [6, 6.07) is 10.5. The number of aromatic amines is 1. The molecule has 2 aromatic heterocycles. The zero-order valence-electron chi connectivity index (χ0n) is 11.0. The van der Waals surface area contributed by atoms with E-state index >= 15 is 0 Å². The molecule has 1 aromatic carbocycles. The molecule has 0 unspecified atom stereocenters. The third-order valence-corrected chi connectivity index (χ3v) is 3.28. The molecule has 0 bridgehead atoms. The Labute approximate surface area is 113 Å². The number of fused-ring (bicyclic) bond motifs is 1. The number of rotatable bonds is 2. The number of aromatic nitrogens is 2. The Kier molecular flexibility index (Phi) is 2.78. The van der Waals surface area contributed by atoms with Gasteiger partial charge in [-0.2, -0.15) is 0 Å². The molecule has 0 aliphatic rings. The molecule has 0 atom stereocenters. The van der Waals surface area contributed by atoms with Gasteiger partial charge in [0.2, 0.25) is 0 Å². The first-order chi connectivity index (χ1) is 9.15. The second-order valence-corrected chi connectivity index (χ2v) is 4.81. The minimum Gasteiger partial charge on any atom is -0.378 e. The fraction of sp³-hybridized carbons (Fsp3) is 0.133. The van der Waals surface area contributed by atoms with Gasteiger partial charge in [-0.05, 0) is 30.0 Å². The number of nitrogens with one attached hydrogen (secondary N) is 1. The number of hydrogen-bond donors (Lipinski definition) is 1. The van der Waals surface area contributed by atoms with Crippen LogP contribution in [0, 0.1) is 0 Å². The summed E-state index contributed by atoms with van der Waals surface area (Å²) in [6.45, 7) is 0. The quantitative estimate of drug-likeness (QED) is 0.703. The van der Waals surface area contributed by atoms with E-state index in [9.17, 15) is 0 Å². The highest BCUT2D eigenvalue weighted by Gasteiger charge is 2.04. The van der Waals surface area contributed by atoms with Crippen LogP contribution in [-0.4, -0.2) is 31.9 Å². The van der Waals surface area contributed by atoms with Crippen molar-refractivity contribution in [3.63, 3.8) is 0 Å². The Morgan fingerprint density at radius 1 is 1.11 bits per heavy atom. The molecule has 0 spiro atoms. The highest BCUT2D eigenvalue weighted by molar-refractivity contribution is 6.38. The van der Waals surface area contributed by atoms with Crippen molar-refractivity contribution in [1.82, 2.24) is 9.97 Å². The zero-order valence-corrected chi connectivity index (χ0v) is 11.0. The van der Waals surface area contributed by atoms with Crippen LogP contribution in [0.4, 0.5) is 5.69 Å². The first-order valence-corrected chi connectivity index (χ1v) is 6.15. The summed E-state index contributed by atoms with van der Waals surface area (Å²) in [5.41, 5.74) is 4.95. The van der Waals surface area contributed by atoms with Crippen LogP contribution in [0.3, 0.4) is 0 Å². The largest absolute Gasteiger partial charge is 0.378 e. The van der Waals surface area contributed by atoms with E-state index in [1.807, 2.05) is 20.3 Å². The third-order valence-electron chi connectivity index (χ3n) is 3.28. The molecular weight excluding hydrogens is 233 g/mol. The van der Waals surface area contributed by atoms with E-state index in [0.29, 0.717) is 0 Å². The molecule has 3 nitrogen and oxygen atoms in total. The molecule has 3 rings (SSSR count). The zero-order chi connectivity index (χ0) is 13.4. The number of benzene rings is 1. The van der Waals surface area contributed by atoms with Gasteiger partial charge in [-0.25, -0.2) is 4.98 Å². The number of pyridine rings is 1. The number of anilines is 1. The molecule has 92 valence electrons. The normalized spacial score (nSPS) is 10.8. The molecule has 1 N–H and O–H groups in total. The Bertz CT molecular complexity index is 714. The Morgan fingerprint density at radius 3 is 2.53 bits per heavy atom. The minimum atomic E-state index is 0.731. The summed E-state index contributed by atoms with van der Waals surface area (Å²) in [7, 11) is 9.97. The lowest BCUT2D eigenvalue weighted by Gasteiger charge is -2.12. The number of hydrogen-bond acceptors (Lipinski definition) is 2. The van der Waals surface area contributed by atoms with Crippen molar-refractivity contribution in [3.05, 3.63) is 42.7 Å². The van der Waals surface area contributed by atoms with Crippen molar-refractivity contribution in [1.29, 1.82) is 0 Å². The van der Waals surface area contributed by atoms with E-state index < -0.39 is 0 Å². The van der Waals surface area contributed by atoms with Gasteiger partial charge in [0.05, 0.1) is 0 Å². The molecule has 0 amide bonds. The summed E-state index contributed by atoms with van der Waals surface area (Å²) in [4.78, 5) is 9.52. The lowest BCUT2D eigenvalue weighted by atomic mass is 9.95. The van der Waals surface area contributed by atoms with E-state index in [0.717, 1.165) is 27.6 Å². The summed E-state index contributed by atoms with van der Waals surface area (Å²) < 4.78 is 0. The van der Waals surface area contributed by atoms with Crippen molar-refractivity contribution in [2.24, 2.45) is 0 Å². The number of nitrogens with zero attached hydrogens (tertiary/aromatic N) is 2. The first-order valence-electron chi connectivity index (χ1n) is 6.15. The predicted molar refractivity (Wildman–Crippen MR) is 81.2 cm³/mol. The van der Waals surface area contributed by atoms with Crippen molar-refractivity contribution in [3.8, 4) is 11.1 Å². The van der Waals surface area contributed by atoms with Crippen molar-refractivity contribution in [2.45, 2.75) is 0 Å². The van der Waals surface area contributed by atoms with Crippen LogP contribution >= 0.6 is 0 Å². The summed E-state index contributed by atoms with van der Waals surface area (Å²) in [6.07, 6.45) is 3.64. The lowest BCUT2D eigenvalue weighted by Crippen LogP contribution is -2.07. The second kappa shape index (κ2) is 4.46. The molecule has 19 heavy (non-hydrogen) atoms. The van der Waals surface area contributed by atoms with Gasteiger partial charge in [0.25, 0.3) is 0 Å². The van der Waals surface area contributed by atoms with Crippen LogP contribution in [-0.2, 0) is 0 Å². The molecular formula is C15H14BN3. The van der Waals surface area contributed by atoms with Gasteiger partial charge in [-0.1, -0.05) is 17.6 Å². The Morgan fingerprint density at radius 2 is 1.84 bits per heavy atom. The molecule has 0 aliphatic heterocycles. The van der Waals surface area contributed by atoms with Gasteiger partial charge in [0.15, 0.2) is 0 Å². The van der Waals surface area contributed by atoms with Gasteiger partial charge < -0.3 is 9.88 Å². The van der Waals surface area contributed by atoms with Gasteiger partial charge >= 0.3 is 0 Å². The maximum absolute atomic E-state index is 5.91. The minimum absolute atomic E-state index is 0.731. The molecule has 2 heterocycles. The van der Waals surface area contributed by atoms with E-state index in [-0.39, 0.29) is 0 Å². The lowest BCUT2D eigenvalue weighted by molar-refractivity contribution is 1.13. The predicted octanol–water partition coefficient (Wildman–Crippen LogP) is 2.09. The molecule has 3 aromatic rings. The summed E-state index contributed by atoms with van der Waals surface area (Å²) in [5, 5.41) is 0.967. The third kappa shape index (κ3) is 2.10. The first kappa shape index (κ1) is 11.8. The van der Waals surface area contributed by atoms with Crippen LogP contribution in [0.2, 0.25) is 0 Å². The molecule has 0 saturated heterocycles. The van der Waals surface area contributed by atoms with Gasteiger partial charge in [0.1, 0.15) is 13.5 Å². The second-order valence-electron chi connectivity index (χ2n) is 4.81. The molecule has 2 radical (unpaired) electrons. The Balaban J connectivity index is 2.05. The van der Waals surface area contributed by atoms with E-state index in [2.05, 4.69) is 45.2 Å². The van der Waals surface area contributed by atoms with Crippen molar-refractivity contribution >= 4 is 30.0 Å².